The van der Waals surface area contributed by atoms with Crippen LogP contribution in [0, 0.1) is 0 Å². The molecule has 3 rings (SSSR count). The Hall–Kier alpha value is -3.86. The molecule has 0 aliphatic carbocycles. The topological polar surface area (TPSA) is 48.5 Å². The number of aromatic nitrogens is 1. The molecule has 0 saturated carbocycles. The van der Waals surface area contributed by atoms with Crippen molar-refractivity contribution >= 4 is 22.9 Å². The number of benzene rings is 2. The molecule has 1 amide bonds. The van der Waals surface area contributed by atoms with Gasteiger partial charge < -0.3 is 15.1 Å². The van der Waals surface area contributed by atoms with Crippen molar-refractivity contribution in [2.24, 2.45) is 0 Å². The van der Waals surface area contributed by atoms with Crippen molar-refractivity contribution in [1.29, 1.82) is 0 Å². The number of amides is 1. The van der Waals surface area contributed by atoms with Crippen molar-refractivity contribution in [3.63, 3.8) is 0 Å². The molecule has 2 aromatic carbocycles. The Morgan fingerprint density at radius 2 is 1.50 bits per heavy atom. The van der Waals surface area contributed by atoms with E-state index in [0.29, 0.717) is 0 Å². The SMILES string of the molecule is C[C@H](CCCc1cccnc1)NC(=O)C=CC=C(c1ccc(N(C)C)cc1)c1ccc(N(C)C)cc1. The van der Waals surface area contributed by atoms with Crippen molar-refractivity contribution in [2.45, 2.75) is 32.2 Å². The molecular formula is C31H38N4O. The van der Waals surface area contributed by atoms with E-state index in [4.69, 9.17) is 0 Å². The molecule has 1 aromatic heterocycles. The number of aryl methyl sites for hydroxylation is 1. The van der Waals surface area contributed by atoms with E-state index in [1.807, 2.05) is 52.6 Å². The Labute approximate surface area is 216 Å². The summed E-state index contributed by atoms with van der Waals surface area (Å²) in [6, 6.07) is 21.1. The first-order chi connectivity index (χ1) is 17.3. The zero-order valence-corrected chi connectivity index (χ0v) is 22.1. The van der Waals surface area contributed by atoms with Crippen LogP contribution in [-0.4, -0.2) is 45.1 Å². The molecule has 1 heterocycles. The summed E-state index contributed by atoms with van der Waals surface area (Å²) in [5.41, 5.74) is 6.80. The molecule has 5 heteroatoms. The highest BCUT2D eigenvalue weighted by molar-refractivity contribution is 5.89. The van der Waals surface area contributed by atoms with Crippen molar-refractivity contribution in [1.82, 2.24) is 10.3 Å². The van der Waals surface area contributed by atoms with Gasteiger partial charge in [-0.15, -0.1) is 0 Å². The lowest BCUT2D eigenvalue weighted by Crippen LogP contribution is -2.31. The first-order valence-corrected chi connectivity index (χ1v) is 12.5. The molecule has 1 N–H and O–H groups in total. The fourth-order valence-corrected chi connectivity index (χ4v) is 3.99. The molecule has 0 spiro atoms. The van der Waals surface area contributed by atoms with Crippen LogP contribution in [0.25, 0.3) is 5.57 Å². The number of allylic oxidation sites excluding steroid dienone is 2. The Morgan fingerprint density at radius 3 is 2.00 bits per heavy atom. The highest BCUT2D eigenvalue weighted by Crippen LogP contribution is 2.27. The number of carbonyl (C=O) groups is 1. The summed E-state index contributed by atoms with van der Waals surface area (Å²) in [6.07, 6.45) is 12.1. The highest BCUT2D eigenvalue weighted by Gasteiger charge is 2.08. The van der Waals surface area contributed by atoms with E-state index >= 15 is 0 Å². The number of nitrogens with one attached hydrogen (secondary N) is 1. The molecule has 0 radical (unpaired) electrons. The quantitative estimate of drug-likeness (QED) is 0.280. The number of nitrogens with zero attached hydrogens (tertiary/aromatic N) is 3. The molecule has 0 saturated heterocycles. The monoisotopic (exact) mass is 482 g/mol. The molecule has 188 valence electrons. The van der Waals surface area contributed by atoms with Crippen LogP contribution in [0.5, 0.6) is 0 Å². The van der Waals surface area contributed by atoms with Crippen molar-refractivity contribution in [2.75, 3.05) is 38.0 Å². The number of hydrogen-bond acceptors (Lipinski definition) is 4. The average molecular weight is 483 g/mol. The Kier molecular flexibility index (Phi) is 9.87. The number of rotatable bonds is 11. The minimum absolute atomic E-state index is 0.0783. The number of hydrogen-bond donors (Lipinski definition) is 1. The van der Waals surface area contributed by atoms with Gasteiger partial charge >= 0.3 is 0 Å². The summed E-state index contributed by atoms with van der Waals surface area (Å²) in [7, 11) is 8.14. The maximum atomic E-state index is 12.5. The summed E-state index contributed by atoms with van der Waals surface area (Å²) < 4.78 is 0. The zero-order valence-electron chi connectivity index (χ0n) is 22.1. The summed E-state index contributed by atoms with van der Waals surface area (Å²) >= 11 is 0. The van der Waals surface area contributed by atoms with Crippen LogP contribution in [0.1, 0.15) is 36.5 Å². The smallest absolute Gasteiger partial charge is 0.244 e. The predicted octanol–water partition coefficient (Wildman–Crippen LogP) is 5.73. The Bertz CT molecular complexity index is 1090. The molecule has 3 aromatic rings. The van der Waals surface area contributed by atoms with Gasteiger partial charge in [-0.1, -0.05) is 42.5 Å². The van der Waals surface area contributed by atoms with Gasteiger partial charge in [0.2, 0.25) is 5.91 Å². The Balaban J connectivity index is 1.68. The van der Waals surface area contributed by atoms with Crippen molar-refractivity contribution in [3.05, 3.63) is 108 Å². The predicted molar refractivity (Wildman–Crippen MR) is 153 cm³/mol. The van der Waals surface area contributed by atoms with E-state index in [1.165, 1.54) is 5.56 Å². The van der Waals surface area contributed by atoms with Crippen LogP contribution >= 0.6 is 0 Å². The number of carbonyl (C=O) groups excluding carboxylic acids is 1. The highest BCUT2D eigenvalue weighted by atomic mass is 16.1. The van der Waals surface area contributed by atoms with Gasteiger partial charge in [0.15, 0.2) is 0 Å². The maximum absolute atomic E-state index is 12.5. The number of pyridine rings is 1. The van der Waals surface area contributed by atoms with Crippen LogP contribution in [0.15, 0.2) is 91.3 Å². The van der Waals surface area contributed by atoms with Crippen LogP contribution in [0.4, 0.5) is 11.4 Å². The molecule has 0 unspecified atom stereocenters. The van der Waals surface area contributed by atoms with E-state index in [9.17, 15) is 4.79 Å². The van der Waals surface area contributed by atoms with Gasteiger partial charge in [-0.3, -0.25) is 9.78 Å². The molecule has 0 fully saturated rings. The maximum Gasteiger partial charge on any atom is 0.244 e. The van der Waals surface area contributed by atoms with Crippen molar-refractivity contribution < 1.29 is 4.79 Å². The molecule has 0 aliphatic rings. The van der Waals surface area contributed by atoms with Gasteiger partial charge in [-0.2, -0.15) is 0 Å². The Morgan fingerprint density at radius 1 is 0.917 bits per heavy atom. The molecule has 5 nitrogen and oxygen atoms in total. The van der Waals surface area contributed by atoms with Gasteiger partial charge in [0.1, 0.15) is 0 Å². The van der Waals surface area contributed by atoms with Crippen LogP contribution in [-0.2, 0) is 11.2 Å². The fourth-order valence-electron chi connectivity index (χ4n) is 3.99. The second kappa shape index (κ2) is 13.3. The van der Waals surface area contributed by atoms with Crippen LogP contribution in [0.3, 0.4) is 0 Å². The standard InChI is InChI=1S/C31H38N4O/c1-24(9-6-10-25-11-8-22-32-23-25)33-31(36)13-7-12-30(26-14-18-28(19-15-26)34(2)3)27-16-20-29(21-17-27)35(4)5/h7-8,11-24H,6,9-10H2,1-5H3,(H,33,36)/t24-/m1/s1. The van der Waals surface area contributed by atoms with Crippen LogP contribution in [0.2, 0.25) is 0 Å². The van der Waals surface area contributed by atoms with E-state index in [1.54, 1.807) is 12.3 Å². The average Bonchev–Trinajstić information content (AvgIpc) is 2.87. The summed E-state index contributed by atoms with van der Waals surface area (Å²) in [6.45, 7) is 2.05. The van der Waals surface area contributed by atoms with E-state index < -0.39 is 0 Å². The number of anilines is 2. The minimum Gasteiger partial charge on any atom is -0.378 e. The third kappa shape index (κ3) is 8.12. The van der Waals surface area contributed by atoms with E-state index in [-0.39, 0.29) is 11.9 Å². The third-order valence-corrected chi connectivity index (χ3v) is 6.11. The molecule has 0 bridgehead atoms. The van der Waals surface area contributed by atoms with Gasteiger partial charge in [-0.05, 0) is 78.8 Å². The van der Waals surface area contributed by atoms with E-state index in [0.717, 1.165) is 47.3 Å². The minimum atomic E-state index is -0.0783. The van der Waals surface area contributed by atoms with Crippen molar-refractivity contribution in [3.8, 4) is 0 Å². The van der Waals surface area contributed by atoms with E-state index in [2.05, 4.69) is 81.6 Å². The molecule has 0 aliphatic heterocycles. The third-order valence-electron chi connectivity index (χ3n) is 6.11. The van der Waals surface area contributed by atoms with Gasteiger partial charge in [-0.25, -0.2) is 0 Å². The lowest BCUT2D eigenvalue weighted by Gasteiger charge is -2.16. The lowest BCUT2D eigenvalue weighted by atomic mass is 9.96. The molecule has 1 atom stereocenters. The first-order valence-electron chi connectivity index (χ1n) is 12.5. The lowest BCUT2D eigenvalue weighted by molar-refractivity contribution is -0.117. The fraction of sp³-hybridized carbons (Fsp3) is 0.290. The second-order valence-corrected chi connectivity index (χ2v) is 9.49. The summed E-state index contributed by atoms with van der Waals surface area (Å²) in [5, 5.41) is 3.08. The van der Waals surface area contributed by atoms with Gasteiger partial charge in [0.05, 0.1) is 0 Å². The molecule has 36 heavy (non-hydrogen) atoms. The van der Waals surface area contributed by atoms with Gasteiger partial charge in [0, 0.05) is 64.1 Å². The second-order valence-electron chi connectivity index (χ2n) is 9.49. The first kappa shape index (κ1) is 26.7. The summed E-state index contributed by atoms with van der Waals surface area (Å²) in [4.78, 5) is 20.9. The largest absolute Gasteiger partial charge is 0.378 e. The summed E-state index contributed by atoms with van der Waals surface area (Å²) in [5.74, 6) is -0.0783. The normalized spacial score (nSPS) is 11.7. The van der Waals surface area contributed by atoms with Gasteiger partial charge in [0.25, 0.3) is 0 Å². The van der Waals surface area contributed by atoms with Crippen LogP contribution < -0.4 is 15.1 Å². The molecular weight excluding hydrogens is 444 g/mol. The zero-order chi connectivity index (χ0) is 25.9.